The summed E-state index contributed by atoms with van der Waals surface area (Å²) in [7, 11) is 0. The molecule has 0 spiro atoms. The average molecular weight is 142 g/mol. The summed E-state index contributed by atoms with van der Waals surface area (Å²) >= 11 is 0. The lowest BCUT2D eigenvalue weighted by Gasteiger charge is -1.97. The van der Waals surface area contributed by atoms with Crippen molar-refractivity contribution in [2.24, 2.45) is 5.11 Å². The molecule has 1 N–H and O–H groups in total. The third-order valence-electron chi connectivity index (χ3n) is 1.20. The van der Waals surface area contributed by atoms with E-state index >= 15 is 0 Å². The summed E-state index contributed by atoms with van der Waals surface area (Å²) in [5, 5.41) is 6.34. The van der Waals surface area contributed by atoms with Gasteiger partial charge < -0.3 is 5.32 Å². The molecule has 0 amide bonds. The van der Waals surface area contributed by atoms with Crippen LogP contribution in [0.1, 0.15) is 26.2 Å². The largest absolute Gasteiger partial charge is 0.311 e. The normalized spacial score (nSPS) is 8.90. The van der Waals surface area contributed by atoms with E-state index in [0.717, 1.165) is 13.0 Å². The predicted molar refractivity (Wildman–Crippen MR) is 41.5 cm³/mol. The molecule has 10 heavy (non-hydrogen) atoms. The molecule has 58 valence electrons. The Morgan fingerprint density at radius 1 is 1.50 bits per heavy atom. The van der Waals surface area contributed by atoms with Gasteiger partial charge in [0, 0.05) is 4.91 Å². The fourth-order valence-corrected chi connectivity index (χ4v) is 0.661. The summed E-state index contributed by atoms with van der Waals surface area (Å²) in [6.45, 7) is 3.53. The van der Waals surface area contributed by atoms with Crippen LogP contribution in [0, 0.1) is 0 Å². The summed E-state index contributed by atoms with van der Waals surface area (Å²) in [5.41, 5.74) is 7.89. The fraction of sp³-hybridized carbons (Fsp3) is 1.00. The molecular weight excluding hydrogens is 128 g/mol. The van der Waals surface area contributed by atoms with Gasteiger partial charge in [0.25, 0.3) is 0 Å². The van der Waals surface area contributed by atoms with Gasteiger partial charge in [-0.3, -0.25) is 0 Å². The topological polar surface area (TPSA) is 60.8 Å². The van der Waals surface area contributed by atoms with Gasteiger partial charge in [-0.05, 0) is 18.5 Å². The Balaban J connectivity index is 2.83. The Bertz CT molecular complexity index is 106. The fourth-order valence-electron chi connectivity index (χ4n) is 0.661. The lowest BCUT2D eigenvalue weighted by molar-refractivity contribution is 0.625. The summed E-state index contributed by atoms with van der Waals surface area (Å²) < 4.78 is 0. The Kier molecular flexibility index (Phi) is 7.67. The van der Waals surface area contributed by atoms with Crippen LogP contribution in [-0.2, 0) is 0 Å². The highest BCUT2D eigenvalue weighted by atomic mass is 15.2. The van der Waals surface area contributed by atoms with Crippen molar-refractivity contribution in [2.75, 3.05) is 13.2 Å². The second kappa shape index (κ2) is 8.27. The smallest absolute Gasteiger partial charge is 0.0746 e. The molecule has 0 aromatic heterocycles. The van der Waals surface area contributed by atoms with Crippen molar-refractivity contribution >= 4 is 0 Å². The van der Waals surface area contributed by atoms with E-state index < -0.39 is 0 Å². The van der Waals surface area contributed by atoms with Crippen molar-refractivity contribution in [1.29, 1.82) is 0 Å². The molecule has 0 aromatic rings. The monoisotopic (exact) mass is 142 g/mol. The number of nitrogens with one attached hydrogen (secondary N) is 1. The van der Waals surface area contributed by atoms with E-state index in [1.807, 2.05) is 0 Å². The predicted octanol–water partition coefficient (Wildman–Crippen LogP) is 2.03. The first-order valence-electron chi connectivity index (χ1n) is 3.63. The minimum Gasteiger partial charge on any atom is -0.311 e. The van der Waals surface area contributed by atoms with Crippen LogP contribution in [0.25, 0.3) is 10.4 Å². The van der Waals surface area contributed by atoms with Crippen LogP contribution < -0.4 is 5.32 Å². The zero-order chi connectivity index (χ0) is 7.66. The van der Waals surface area contributed by atoms with Crippen LogP contribution in [0.2, 0.25) is 0 Å². The summed E-state index contributed by atoms with van der Waals surface area (Å²) in [4.78, 5) is 2.62. The molecule has 0 unspecified atom stereocenters. The molecule has 0 saturated heterocycles. The molecule has 0 aliphatic carbocycles. The summed E-state index contributed by atoms with van der Waals surface area (Å²) in [6.07, 6.45) is 3.63. The van der Waals surface area contributed by atoms with Crippen molar-refractivity contribution in [2.45, 2.75) is 26.2 Å². The first-order valence-corrected chi connectivity index (χ1v) is 3.63. The first-order chi connectivity index (χ1) is 4.91. The van der Waals surface area contributed by atoms with Gasteiger partial charge in [0.05, 0.1) is 6.67 Å². The lowest BCUT2D eigenvalue weighted by atomic mass is 10.2. The molecule has 0 aromatic carbocycles. The second-order valence-electron chi connectivity index (χ2n) is 2.10. The zero-order valence-electron chi connectivity index (χ0n) is 6.38. The Morgan fingerprint density at radius 3 is 2.90 bits per heavy atom. The van der Waals surface area contributed by atoms with E-state index in [2.05, 4.69) is 22.3 Å². The molecular formula is C6H14N4. The number of rotatable bonds is 6. The molecule has 0 fully saturated rings. The molecule has 0 aliphatic rings. The molecule has 0 atom stereocenters. The third kappa shape index (κ3) is 7.27. The molecule has 0 saturated carbocycles. The van der Waals surface area contributed by atoms with Gasteiger partial charge in [0.1, 0.15) is 0 Å². The van der Waals surface area contributed by atoms with Crippen molar-refractivity contribution in [1.82, 2.24) is 5.32 Å². The van der Waals surface area contributed by atoms with Crippen LogP contribution >= 0.6 is 0 Å². The van der Waals surface area contributed by atoms with Crippen LogP contribution in [0.3, 0.4) is 0 Å². The third-order valence-corrected chi connectivity index (χ3v) is 1.20. The van der Waals surface area contributed by atoms with Crippen LogP contribution in [-0.4, -0.2) is 13.2 Å². The minimum atomic E-state index is 0.417. The number of unbranched alkanes of at least 4 members (excludes halogenated alkanes) is 2. The van der Waals surface area contributed by atoms with Gasteiger partial charge in [-0.2, -0.15) is 0 Å². The number of azide groups is 1. The number of nitrogens with zero attached hydrogens (tertiary/aromatic N) is 3. The molecule has 0 bridgehead atoms. The van der Waals surface area contributed by atoms with Crippen molar-refractivity contribution < 1.29 is 0 Å². The molecule has 0 aliphatic heterocycles. The molecule has 0 radical (unpaired) electrons. The van der Waals surface area contributed by atoms with E-state index in [4.69, 9.17) is 5.53 Å². The van der Waals surface area contributed by atoms with Gasteiger partial charge in [-0.15, -0.1) is 0 Å². The van der Waals surface area contributed by atoms with Crippen LogP contribution in [0.5, 0.6) is 0 Å². The van der Waals surface area contributed by atoms with Crippen LogP contribution in [0.15, 0.2) is 5.11 Å². The molecule has 4 heteroatoms. The minimum absolute atomic E-state index is 0.417. The highest BCUT2D eigenvalue weighted by Crippen LogP contribution is 1.90. The quantitative estimate of drug-likeness (QED) is 0.262. The van der Waals surface area contributed by atoms with Gasteiger partial charge in [-0.25, -0.2) is 0 Å². The van der Waals surface area contributed by atoms with Crippen molar-refractivity contribution in [3.05, 3.63) is 10.4 Å². The van der Waals surface area contributed by atoms with E-state index in [1.54, 1.807) is 0 Å². The second-order valence-corrected chi connectivity index (χ2v) is 2.10. The number of hydrogen-bond donors (Lipinski definition) is 1. The summed E-state index contributed by atoms with van der Waals surface area (Å²) in [6, 6.07) is 0. The van der Waals surface area contributed by atoms with E-state index in [0.29, 0.717) is 6.67 Å². The maximum Gasteiger partial charge on any atom is 0.0746 e. The molecule has 0 heterocycles. The van der Waals surface area contributed by atoms with Gasteiger partial charge in [0.15, 0.2) is 0 Å². The Hall–Kier alpha value is -0.730. The highest BCUT2D eigenvalue weighted by Gasteiger charge is 1.83. The average Bonchev–Trinajstić information content (AvgIpc) is 1.97. The number of hydrogen-bond acceptors (Lipinski definition) is 2. The maximum absolute atomic E-state index is 7.89. The Labute approximate surface area is 61.2 Å². The zero-order valence-corrected chi connectivity index (χ0v) is 6.38. The molecule has 0 rings (SSSR count). The summed E-state index contributed by atoms with van der Waals surface area (Å²) in [5.74, 6) is 0. The Morgan fingerprint density at radius 2 is 2.30 bits per heavy atom. The molecule has 4 nitrogen and oxygen atoms in total. The highest BCUT2D eigenvalue weighted by molar-refractivity contribution is 4.46. The standard InChI is InChI=1S/C6H14N4/c1-2-3-4-5-8-6-9-10-7/h8H,2-6H2,1H3. The van der Waals surface area contributed by atoms with Crippen LogP contribution in [0.4, 0.5) is 0 Å². The van der Waals surface area contributed by atoms with Crippen molar-refractivity contribution in [3.63, 3.8) is 0 Å². The van der Waals surface area contributed by atoms with E-state index in [-0.39, 0.29) is 0 Å². The first kappa shape index (κ1) is 9.27. The maximum atomic E-state index is 7.89. The van der Waals surface area contributed by atoms with Gasteiger partial charge >= 0.3 is 0 Å². The van der Waals surface area contributed by atoms with E-state index in [9.17, 15) is 0 Å². The lowest BCUT2D eigenvalue weighted by Crippen LogP contribution is -2.14. The van der Waals surface area contributed by atoms with E-state index in [1.165, 1.54) is 12.8 Å². The van der Waals surface area contributed by atoms with Gasteiger partial charge in [0.2, 0.25) is 0 Å². The SMILES string of the molecule is CCCCCNCN=[N+]=[N-]. The van der Waals surface area contributed by atoms with Crippen molar-refractivity contribution in [3.8, 4) is 0 Å². The van der Waals surface area contributed by atoms with Gasteiger partial charge in [-0.1, -0.05) is 24.9 Å².